The molecule has 1 heterocycles. The number of piperazine rings is 1. The van der Waals surface area contributed by atoms with Gasteiger partial charge in [-0.3, -0.25) is 9.89 Å². The van der Waals surface area contributed by atoms with E-state index in [-0.39, 0.29) is 36.5 Å². The minimum absolute atomic E-state index is 0. The summed E-state index contributed by atoms with van der Waals surface area (Å²) in [6.07, 6.45) is 1.06. The lowest BCUT2D eigenvalue weighted by Crippen LogP contribution is -2.47. The van der Waals surface area contributed by atoms with Gasteiger partial charge < -0.3 is 20.6 Å². The van der Waals surface area contributed by atoms with Crippen molar-refractivity contribution in [3.05, 3.63) is 71.8 Å². The van der Waals surface area contributed by atoms with Gasteiger partial charge in [-0.05, 0) is 31.5 Å². The Bertz CT molecular complexity index is 805. The van der Waals surface area contributed by atoms with Crippen LogP contribution in [0.5, 0.6) is 0 Å². The number of nitrogens with one attached hydrogen (secondary N) is 2. The van der Waals surface area contributed by atoms with Gasteiger partial charge in [0, 0.05) is 51.2 Å². The Labute approximate surface area is 216 Å². The molecule has 2 unspecified atom stereocenters. The van der Waals surface area contributed by atoms with E-state index in [1.54, 1.807) is 0 Å². The Balaban J connectivity index is 0.00000385. The minimum Gasteiger partial charge on any atom is -0.396 e. The topological polar surface area (TPSA) is 63.1 Å². The van der Waals surface area contributed by atoms with Crippen molar-refractivity contribution in [2.45, 2.75) is 25.3 Å². The highest BCUT2D eigenvalue weighted by Gasteiger charge is 2.25. The van der Waals surface area contributed by atoms with E-state index in [2.05, 4.69) is 76.9 Å². The molecule has 33 heavy (non-hydrogen) atoms. The van der Waals surface area contributed by atoms with Gasteiger partial charge in [0.1, 0.15) is 0 Å². The molecule has 1 aliphatic heterocycles. The van der Waals surface area contributed by atoms with Gasteiger partial charge in [0.05, 0.1) is 13.2 Å². The molecule has 0 radical (unpaired) electrons. The van der Waals surface area contributed by atoms with Crippen molar-refractivity contribution in [3.63, 3.8) is 0 Å². The van der Waals surface area contributed by atoms with E-state index in [4.69, 9.17) is 4.99 Å². The summed E-state index contributed by atoms with van der Waals surface area (Å²) in [6, 6.07) is 21.4. The first-order valence-corrected chi connectivity index (χ1v) is 11.9. The maximum Gasteiger partial charge on any atom is 0.191 e. The maximum atomic E-state index is 9.80. The zero-order valence-corrected chi connectivity index (χ0v) is 22.3. The molecule has 1 fully saturated rings. The summed E-state index contributed by atoms with van der Waals surface area (Å²) in [5.41, 5.74) is 2.52. The van der Waals surface area contributed by atoms with Gasteiger partial charge >= 0.3 is 0 Å². The molecular formula is C26H40IN5O. The van der Waals surface area contributed by atoms with Crippen LogP contribution < -0.4 is 10.6 Å². The fraction of sp³-hybridized carbons (Fsp3) is 0.500. The van der Waals surface area contributed by atoms with E-state index in [1.807, 2.05) is 18.2 Å². The second kappa shape index (κ2) is 15.3. The Morgan fingerprint density at radius 3 is 2.42 bits per heavy atom. The van der Waals surface area contributed by atoms with Crippen molar-refractivity contribution in [3.8, 4) is 0 Å². The molecule has 1 saturated heterocycles. The fourth-order valence-electron chi connectivity index (χ4n) is 4.24. The lowest BCUT2D eigenvalue weighted by Gasteiger charge is -2.40. The lowest BCUT2D eigenvalue weighted by molar-refractivity contribution is 0.0891. The van der Waals surface area contributed by atoms with Crippen LogP contribution in [-0.4, -0.2) is 80.3 Å². The van der Waals surface area contributed by atoms with E-state index < -0.39 is 0 Å². The second-order valence-corrected chi connectivity index (χ2v) is 8.51. The van der Waals surface area contributed by atoms with Gasteiger partial charge in [0.2, 0.25) is 0 Å². The highest BCUT2D eigenvalue weighted by Crippen LogP contribution is 2.24. The summed E-state index contributed by atoms with van der Waals surface area (Å²) in [7, 11) is 2.21. The zero-order chi connectivity index (χ0) is 22.6. The normalized spacial score (nSPS) is 18.4. The number of rotatable bonds is 10. The molecule has 3 N–H and O–H groups in total. The van der Waals surface area contributed by atoms with Crippen molar-refractivity contribution in [1.82, 2.24) is 20.4 Å². The van der Waals surface area contributed by atoms with Crippen molar-refractivity contribution in [2.24, 2.45) is 4.99 Å². The number of hydrogen-bond donors (Lipinski definition) is 3. The van der Waals surface area contributed by atoms with Crippen LogP contribution in [0.15, 0.2) is 65.7 Å². The summed E-state index contributed by atoms with van der Waals surface area (Å²) >= 11 is 0. The molecule has 6 nitrogen and oxygen atoms in total. The molecule has 0 amide bonds. The van der Waals surface area contributed by atoms with Gasteiger partial charge in [-0.1, -0.05) is 60.7 Å². The number of benzene rings is 2. The summed E-state index contributed by atoms with van der Waals surface area (Å²) in [5, 5.41) is 16.6. The lowest BCUT2D eigenvalue weighted by atomic mass is 10.0. The Hall–Kier alpha value is -1.68. The summed E-state index contributed by atoms with van der Waals surface area (Å²) in [4.78, 5) is 9.76. The number of aliphatic imine (C=N–C) groups is 1. The zero-order valence-electron chi connectivity index (χ0n) is 20.0. The molecule has 2 aromatic rings. The standard InChI is InChI=1S/C26H39N5O.HI/c1-3-27-26(29-19-24(21-32)22-11-6-4-7-12-22)28-15-10-16-31-18-17-30(2)20-25(31)23-13-8-5-9-14-23;/h4-9,11-14,24-25,32H,3,10,15-21H2,1-2H3,(H2,27,28,29);1H. The van der Waals surface area contributed by atoms with E-state index in [0.717, 1.165) is 57.2 Å². The van der Waals surface area contributed by atoms with Crippen LogP contribution in [0.3, 0.4) is 0 Å². The molecule has 0 bridgehead atoms. The molecule has 2 atom stereocenters. The van der Waals surface area contributed by atoms with Crippen LogP contribution in [0.2, 0.25) is 0 Å². The first kappa shape index (κ1) is 27.6. The largest absolute Gasteiger partial charge is 0.396 e. The number of nitrogens with zero attached hydrogens (tertiary/aromatic N) is 3. The summed E-state index contributed by atoms with van der Waals surface area (Å²) < 4.78 is 0. The van der Waals surface area contributed by atoms with Gasteiger partial charge in [0.25, 0.3) is 0 Å². The molecule has 1 aliphatic rings. The molecule has 2 aromatic carbocycles. The van der Waals surface area contributed by atoms with Crippen LogP contribution in [0.25, 0.3) is 0 Å². The number of aliphatic hydroxyl groups is 1. The summed E-state index contributed by atoms with van der Waals surface area (Å²) in [6.45, 7) is 8.76. The number of aliphatic hydroxyl groups excluding tert-OH is 1. The van der Waals surface area contributed by atoms with E-state index in [1.165, 1.54) is 5.56 Å². The molecule has 7 heteroatoms. The average molecular weight is 566 g/mol. The molecular weight excluding hydrogens is 525 g/mol. The number of likely N-dealkylation sites (N-methyl/N-ethyl adjacent to an activating group) is 1. The third kappa shape index (κ3) is 8.88. The number of guanidine groups is 1. The average Bonchev–Trinajstić information content (AvgIpc) is 2.84. The predicted octanol–water partition coefficient (Wildman–Crippen LogP) is 3.31. The first-order chi connectivity index (χ1) is 15.7. The quantitative estimate of drug-likeness (QED) is 0.179. The number of hydrogen-bond acceptors (Lipinski definition) is 4. The van der Waals surface area contributed by atoms with Crippen LogP contribution >= 0.6 is 24.0 Å². The third-order valence-electron chi connectivity index (χ3n) is 6.10. The van der Waals surface area contributed by atoms with E-state index in [0.29, 0.717) is 12.6 Å². The molecule has 3 rings (SSSR count). The first-order valence-electron chi connectivity index (χ1n) is 11.9. The second-order valence-electron chi connectivity index (χ2n) is 8.51. The van der Waals surface area contributed by atoms with Gasteiger partial charge in [-0.15, -0.1) is 24.0 Å². The number of halogens is 1. The fourth-order valence-corrected chi connectivity index (χ4v) is 4.24. The molecule has 0 aliphatic carbocycles. The predicted molar refractivity (Wildman–Crippen MR) is 149 cm³/mol. The van der Waals surface area contributed by atoms with Crippen LogP contribution in [-0.2, 0) is 0 Å². The summed E-state index contributed by atoms with van der Waals surface area (Å²) in [5.74, 6) is 0.837. The Kier molecular flexibility index (Phi) is 12.8. The molecule has 182 valence electrons. The molecule has 0 spiro atoms. The maximum absolute atomic E-state index is 9.80. The third-order valence-corrected chi connectivity index (χ3v) is 6.10. The van der Waals surface area contributed by atoms with Gasteiger partial charge in [-0.25, -0.2) is 0 Å². The van der Waals surface area contributed by atoms with Crippen molar-refractivity contribution in [2.75, 3.05) is 59.5 Å². The van der Waals surface area contributed by atoms with Crippen LogP contribution in [0.1, 0.15) is 36.4 Å². The van der Waals surface area contributed by atoms with Crippen LogP contribution in [0, 0.1) is 0 Å². The molecule has 0 saturated carbocycles. The Morgan fingerprint density at radius 2 is 1.76 bits per heavy atom. The van der Waals surface area contributed by atoms with Gasteiger partial charge in [-0.2, -0.15) is 0 Å². The highest BCUT2D eigenvalue weighted by atomic mass is 127. The van der Waals surface area contributed by atoms with Crippen molar-refractivity contribution in [1.29, 1.82) is 0 Å². The molecule has 0 aromatic heterocycles. The highest BCUT2D eigenvalue weighted by molar-refractivity contribution is 14.0. The van der Waals surface area contributed by atoms with E-state index in [9.17, 15) is 5.11 Å². The van der Waals surface area contributed by atoms with Crippen LogP contribution in [0.4, 0.5) is 0 Å². The minimum atomic E-state index is 0. The monoisotopic (exact) mass is 565 g/mol. The van der Waals surface area contributed by atoms with Crippen molar-refractivity contribution < 1.29 is 5.11 Å². The smallest absolute Gasteiger partial charge is 0.191 e. The van der Waals surface area contributed by atoms with E-state index >= 15 is 0 Å². The van der Waals surface area contributed by atoms with Gasteiger partial charge in [0.15, 0.2) is 5.96 Å². The van der Waals surface area contributed by atoms with Crippen molar-refractivity contribution >= 4 is 29.9 Å². The SMILES string of the molecule is CCNC(=NCC(CO)c1ccccc1)NCCCN1CCN(C)CC1c1ccccc1.I. The Morgan fingerprint density at radius 1 is 1.06 bits per heavy atom.